The first-order valence-electron chi connectivity index (χ1n) is 6.59. The van der Waals surface area contributed by atoms with Crippen LogP contribution in [0.2, 0.25) is 5.02 Å². The molecule has 2 heterocycles. The molecule has 0 aliphatic carbocycles. The molecule has 2 amide bonds. The molecule has 0 atom stereocenters. The average Bonchev–Trinajstić information content (AvgIpc) is 2.53. The molecule has 0 bridgehead atoms. The van der Waals surface area contributed by atoms with Gasteiger partial charge in [0, 0.05) is 32.2 Å². The summed E-state index contributed by atoms with van der Waals surface area (Å²) in [6.07, 6.45) is 4.72. The van der Waals surface area contributed by atoms with Crippen LogP contribution < -0.4 is 5.32 Å². The van der Waals surface area contributed by atoms with Crippen LogP contribution in [0.15, 0.2) is 42.9 Å². The van der Waals surface area contributed by atoms with E-state index in [1.54, 1.807) is 25.5 Å². The molecule has 0 aliphatic rings. The van der Waals surface area contributed by atoms with Gasteiger partial charge in [-0.05, 0) is 29.8 Å². The second-order valence-electron chi connectivity index (χ2n) is 4.65. The largest absolute Gasteiger partial charge is 0.342 e. The summed E-state index contributed by atoms with van der Waals surface area (Å²) in [6, 6.07) is 6.74. The molecule has 0 aliphatic heterocycles. The van der Waals surface area contributed by atoms with Crippen molar-refractivity contribution >= 4 is 23.4 Å². The van der Waals surface area contributed by atoms with E-state index in [0.717, 1.165) is 5.56 Å². The van der Waals surface area contributed by atoms with Gasteiger partial charge in [0.05, 0.1) is 11.6 Å². The molecule has 2 rings (SSSR count). The van der Waals surface area contributed by atoms with Crippen molar-refractivity contribution in [1.29, 1.82) is 0 Å². The molecule has 0 spiro atoms. The number of likely N-dealkylation sites (N-methyl/N-ethyl adjacent to an activating group) is 1. The second kappa shape index (κ2) is 7.51. The van der Waals surface area contributed by atoms with Gasteiger partial charge in [0.25, 0.3) is 5.91 Å². The Morgan fingerprint density at radius 1 is 1.23 bits per heavy atom. The molecule has 6 nitrogen and oxygen atoms in total. The Morgan fingerprint density at radius 2 is 1.95 bits per heavy atom. The Morgan fingerprint density at radius 3 is 2.59 bits per heavy atom. The van der Waals surface area contributed by atoms with Crippen molar-refractivity contribution in [2.75, 3.05) is 13.6 Å². The SMILES string of the molecule is CN(Cc1ccncc1)C(=O)CNC(=O)c1ccc(Cl)cn1. The summed E-state index contributed by atoms with van der Waals surface area (Å²) in [6.45, 7) is 0.362. The maximum Gasteiger partial charge on any atom is 0.270 e. The predicted octanol–water partition coefficient (Wildman–Crippen LogP) is 1.52. The van der Waals surface area contributed by atoms with Gasteiger partial charge in [0.1, 0.15) is 5.69 Å². The zero-order chi connectivity index (χ0) is 15.9. The molecule has 2 aromatic heterocycles. The summed E-state index contributed by atoms with van der Waals surface area (Å²) in [7, 11) is 1.68. The Hall–Kier alpha value is -2.47. The van der Waals surface area contributed by atoms with E-state index < -0.39 is 5.91 Å². The summed E-state index contributed by atoms with van der Waals surface area (Å²) in [5.74, 6) is -0.610. The number of nitrogens with zero attached hydrogens (tertiary/aromatic N) is 3. The standard InChI is InChI=1S/C15H15ClN4O2/c1-20(10-11-4-6-17-7-5-11)14(21)9-19-15(22)13-3-2-12(16)8-18-13/h2-8H,9-10H2,1H3,(H,19,22). The maximum absolute atomic E-state index is 12.0. The second-order valence-corrected chi connectivity index (χ2v) is 5.09. The van der Waals surface area contributed by atoms with Crippen molar-refractivity contribution < 1.29 is 9.59 Å². The van der Waals surface area contributed by atoms with Gasteiger partial charge in [-0.2, -0.15) is 0 Å². The number of amides is 2. The molecular weight excluding hydrogens is 304 g/mol. The first-order valence-corrected chi connectivity index (χ1v) is 6.96. The molecule has 1 N–H and O–H groups in total. The molecule has 22 heavy (non-hydrogen) atoms. The normalized spacial score (nSPS) is 10.1. The molecule has 0 saturated heterocycles. The van der Waals surface area contributed by atoms with Crippen LogP contribution in [0, 0.1) is 0 Å². The molecule has 0 radical (unpaired) electrons. The van der Waals surface area contributed by atoms with Crippen molar-refractivity contribution in [3.63, 3.8) is 0 Å². The Balaban J connectivity index is 1.84. The summed E-state index contributed by atoms with van der Waals surface area (Å²) in [4.78, 5) is 33.2. The summed E-state index contributed by atoms with van der Waals surface area (Å²) in [5.41, 5.74) is 1.19. The van der Waals surface area contributed by atoms with E-state index in [2.05, 4.69) is 15.3 Å². The first kappa shape index (κ1) is 15.9. The number of nitrogens with one attached hydrogen (secondary N) is 1. The molecule has 0 unspecified atom stereocenters. The fraction of sp³-hybridized carbons (Fsp3) is 0.200. The number of halogens is 1. The van der Waals surface area contributed by atoms with Crippen molar-refractivity contribution in [1.82, 2.24) is 20.2 Å². The van der Waals surface area contributed by atoms with Crippen LogP contribution in [0.25, 0.3) is 0 Å². The fourth-order valence-electron chi connectivity index (χ4n) is 1.74. The van der Waals surface area contributed by atoms with Gasteiger partial charge in [-0.3, -0.25) is 14.6 Å². The van der Waals surface area contributed by atoms with Crippen LogP contribution in [0.3, 0.4) is 0 Å². The van der Waals surface area contributed by atoms with Gasteiger partial charge in [-0.1, -0.05) is 11.6 Å². The smallest absolute Gasteiger partial charge is 0.270 e. The van der Waals surface area contributed by atoms with Gasteiger partial charge >= 0.3 is 0 Å². The number of hydrogen-bond donors (Lipinski definition) is 1. The molecule has 0 saturated carbocycles. The number of carbonyl (C=O) groups excluding carboxylic acids is 2. The van der Waals surface area contributed by atoms with E-state index in [-0.39, 0.29) is 18.1 Å². The molecule has 0 fully saturated rings. The lowest BCUT2D eigenvalue weighted by Crippen LogP contribution is -2.38. The third kappa shape index (κ3) is 4.53. The lowest BCUT2D eigenvalue weighted by molar-refractivity contribution is -0.129. The van der Waals surface area contributed by atoms with Gasteiger partial charge in [-0.15, -0.1) is 0 Å². The van der Waals surface area contributed by atoms with Crippen LogP contribution in [-0.4, -0.2) is 40.3 Å². The number of rotatable bonds is 5. The highest BCUT2D eigenvalue weighted by Crippen LogP contribution is 2.06. The van der Waals surface area contributed by atoms with E-state index >= 15 is 0 Å². The predicted molar refractivity (Wildman–Crippen MR) is 82.3 cm³/mol. The number of pyridine rings is 2. The number of aromatic nitrogens is 2. The lowest BCUT2D eigenvalue weighted by Gasteiger charge is -2.17. The monoisotopic (exact) mass is 318 g/mol. The fourth-order valence-corrected chi connectivity index (χ4v) is 1.85. The van der Waals surface area contributed by atoms with Crippen LogP contribution in [0.5, 0.6) is 0 Å². The van der Waals surface area contributed by atoms with Gasteiger partial charge in [0.15, 0.2) is 0 Å². The highest BCUT2D eigenvalue weighted by atomic mass is 35.5. The minimum absolute atomic E-state index is 0.0925. The molecule has 2 aromatic rings. The van der Waals surface area contributed by atoms with Crippen molar-refractivity contribution in [3.05, 3.63) is 59.1 Å². The minimum atomic E-state index is -0.415. The van der Waals surface area contributed by atoms with Crippen molar-refractivity contribution in [2.45, 2.75) is 6.54 Å². The van der Waals surface area contributed by atoms with E-state index in [0.29, 0.717) is 11.6 Å². The Bertz CT molecular complexity index is 646. The number of carbonyl (C=O) groups is 2. The Labute approximate surface area is 133 Å². The maximum atomic E-state index is 12.0. The van der Waals surface area contributed by atoms with E-state index in [1.165, 1.54) is 17.2 Å². The third-order valence-corrected chi connectivity index (χ3v) is 3.18. The average molecular weight is 319 g/mol. The summed E-state index contributed by atoms with van der Waals surface area (Å²) < 4.78 is 0. The van der Waals surface area contributed by atoms with E-state index in [9.17, 15) is 9.59 Å². The van der Waals surface area contributed by atoms with E-state index in [4.69, 9.17) is 11.6 Å². The molecule has 7 heteroatoms. The van der Waals surface area contributed by atoms with Crippen molar-refractivity contribution in [2.24, 2.45) is 0 Å². The third-order valence-electron chi connectivity index (χ3n) is 2.96. The zero-order valence-electron chi connectivity index (χ0n) is 12.0. The molecule has 114 valence electrons. The van der Waals surface area contributed by atoms with E-state index in [1.807, 2.05) is 12.1 Å². The highest BCUT2D eigenvalue weighted by Gasteiger charge is 2.12. The minimum Gasteiger partial charge on any atom is -0.342 e. The lowest BCUT2D eigenvalue weighted by atomic mass is 10.2. The van der Waals surface area contributed by atoms with Crippen LogP contribution in [-0.2, 0) is 11.3 Å². The topological polar surface area (TPSA) is 75.2 Å². The zero-order valence-corrected chi connectivity index (χ0v) is 12.7. The molecular formula is C15H15ClN4O2. The summed E-state index contributed by atoms with van der Waals surface area (Å²) >= 11 is 5.70. The van der Waals surface area contributed by atoms with Gasteiger partial charge in [0.2, 0.25) is 5.91 Å². The quantitative estimate of drug-likeness (QED) is 0.907. The summed E-state index contributed by atoms with van der Waals surface area (Å²) in [5, 5.41) is 2.99. The van der Waals surface area contributed by atoms with Crippen LogP contribution >= 0.6 is 11.6 Å². The highest BCUT2D eigenvalue weighted by molar-refractivity contribution is 6.30. The van der Waals surface area contributed by atoms with Crippen LogP contribution in [0.4, 0.5) is 0 Å². The van der Waals surface area contributed by atoms with Crippen molar-refractivity contribution in [3.8, 4) is 0 Å². The Kier molecular flexibility index (Phi) is 5.43. The van der Waals surface area contributed by atoms with Crippen LogP contribution in [0.1, 0.15) is 16.1 Å². The molecule has 0 aromatic carbocycles. The number of hydrogen-bond acceptors (Lipinski definition) is 4. The van der Waals surface area contributed by atoms with Gasteiger partial charge in [-0.25, -0.2) is 4.98 Å². The van der Waals surface area contributed by atoms with Gasteiger partial charge < -0.3 is 10.2 Å². The first-order chi connectivity index (χ1) is 10.6.